The lowest BCUT2D eigenvalue weighted by Gasteiger charge is -2.44. The highest BCUT2D eigenvalue weighted by molar-refractivity contribution is 5.36. The lowest BCUT2D eigenvalue weighted by molar-refractivity contribution is -0.109. The predicted molar refractivity (Wildman–Crippen MR) is 84.3 cm³/mol. The summed E-state index contributed by atoms with van der Waals surface area (Å²) in [6.07, 6.45) is 3.04. The van der Waals surface area contributed by atoms with Gasteiger partial charge in [-0.2, -0.15) is 0 Å². The van der Waals surface area contributed by atoms with Gasteiger partial charge in [0, 0.05) is 25.2 Å². The average molecular weight is 289 g/mol. The summed E-state index contributed by atoms with van der Waals surface area (Å²) in [5.41, 5.74) is 10.3. The molecule has 116 valence electrons. The van der Waals surface area contributed by atoms with E-state index in [2.05, 4.69) is 39.0 Å². The van der Waals surface area contributed by atoms with E-state index in [-0.39, 0.29) is 11.1 Å². The second-order valence-corrected chi connectivity index (χ2v) is 7.12. The summed E-state index contributed by atoms with van der Waals surface area (Å²) in [5, 5.41) is 0. The Labute approximate surface area is 127 Å². The fraction of sp³-hybridized carbons (Fsp3) is 0.667. The Hall–Kier alpha value is -0.900. The van der Waals surface area contributed by atoms with Crippen LogP contribution in [0.15, 0.2) is 18.2 Å². The van der Waals surface area contributed by atoms with Gasteiger partial charge in [-0.3, -0.25) is 0 Å². The van der Waals surface area contributed by atoms with Gasteiger partial charge in [0.25, 0.3) is 0 Å². The van der Waals surface area contributed by atoms with Gasteiger partial charge in [-0.25, -0.2) is 0 Å². The summed E-state index contributed by atoms with van der Waals surface area (Å²) in [7, 11) is 0. The van der Waals surface area contributed by atoms with Crippen molar-refractivity contribution in [3.63, 3.8) is 0 Å². The quantitative estimate of drug-likeness (QED) is 0.910. The van der Waals surface area contributed by atoms with E-state index in [0.29, 0.717) is 5.92 Å². The molecule has 0 bridgehead atoms. The first-order valence-electron chi connectivity index (χ1n) is 8.01. The summed E-state index contributed by atoms with van der Waals surface area (Å²) in [6, 6.07) is 6.59. The molecule has 1 spiro atoms. The SMILES string of the molecule is Cc1ccc(C)c(C(C)(N)C2CCOC3(CCOC3)C2)c1. The Morgan fingerprint density at radius 2 is 2.10 bits per heavy atom. The molecule has 0 saturated carbocycles. The molecule has 3 nitrogen and oxygen atoms in total. The third kappa shape index (κ3) is 2.75. The molecule has 2 heterocycles. The molecule has 3 heteroatoms. The number of hydrogen-bond acceptors (Lipinski definition) is 3. The standard InChI is InChI=1S/C18H27NO2/c1-13-4-5-14(2)16(10-13)17(3,19)15-6-8-21-18(11-15)7-9-20-12-18/h4-5,10,15H,6-9,11-12,19H2,1-3H3. The zero-order valence-corrected chi connectivity index (χ0v) is 13.4. The number of benzene rings is 1. The largest absolute Gasteiger partial charge is 0.378 e. The minimum Gasteiger partial charge on any atom is -0.378 e. The van der Waals surface area contributed by atoms with Gasteiger partial charge in [0.15, 0.2) is 0 Å². The van der Waals surface area contributed by atoms with E-state index in [1.54, 1.807) is 0 Å². The maximum Gasteiger partial charge on any atom is 0.0940 e. The van der Waals surface area contributed by atoms with Crippen LogP contribution in [0.1, 0.15) is 42.9 Å². The van der Waals surface area contributed by atoms with Crippen molar-refractivity contribution >= 4 is 0 Å². The average Bonchev–Trinajstić information content (AvgIpc) is 2.89. The molecule has 2 aliphatic rings. The van der Waals surface area contributed by atoms with Gasteiger partial charge in [-0.1, -0.05) is 23.8 Å². The van der Waals surface area contributed by atoms with Crippen LogP contribution < -0.4 is 5.73 Å². The van der Waals surface area contributed by atoms with E-state index in [9.17, 15) is 0 Å². The predicted octanol–water partition coefficient (Wildman–Crippen LogP) is 3.06. The van der Waals surface area contributed by atoms with Crippen molar-refractivity contribution in [1.82, 2.24) is 0 Å². The maximum atomic E-state index is 6.84. The topological polar surface area (TPSA) is 44.5 Å². The van der Waals surface area contributed by atoms with Gasteiger partial charge in [0.1, 0.15) is 0 Å². The van der Waals surface area contributed by atoms with E-state index in [4.69, 9.17) is 15.2 Å². The van der Waals surface area contributed by atoms with Gasteiger partial charge in [0.05, 0.1) is 12.2 Å². The summed E-state index contributed by atoms with van der Waals surface area (Å²) in [5.74, 6) is 0.438. The smallest absolute Gasteiger partial charge is 0.0940 e. The Balaban J connectivity index is 1.88. The van der Waals surface area contributed by atoms with Crippen LogP contribution in [0.3, 0.4) is 0 Å². The molecule has 1 aromatic carbocycles. The van der Waals surface area contributed by atoms with Crippen molar-refractivity contribution < 1.29 is 9.47 Å². The van der Waals surface area contributed by atoms with Gasteiger partial charge in [0.2, 0.25) is 0 Å². The summed E-state index contributed by atoms with van der Waals surface area (Å²) >= 11 is 0. The van der Waals surface area contributed by atoms with Crippen LogP contribution in [0, 0.1) is 19.8 Å². The van der Waals surface area contributed by atoms with Gasteiger partial charge in [-0.05, 0) is 50.7 Å². The Morgan fingerprint density at radius 3 is 2.81 bits per heavy atom. The molecular weight excluding hydrogens is 262 g/mol. The van der Waals surface area contributed by atoms with Crippen LogP contribution in [-0.2, 0) is 15.0 Å². The molecule has 1 aromatic rings. The summed E-state index contributed by atoms with van der Waals surface area (Å²) < 4.78 is 11.6. The first-order chi connectivity index (χ1) is 9.93. The van der Waals surface area contributed by atoms with E-state index < -0.39 is 0 Å². The van der Waals surface area contributed by atoms with E-state index in [1.165, 1.54) is 16.7 Å². The first-order valence-corrected chi connectivity index (χ1v) is 8.01. The lowest BCUT2D eigenvalue weighted by Crippen LogP contribution is -2.50. The fourth-order valence-electron chi connectivity index (χ4n) is 3.94. The molecule has 3 atom stereocenters. The lowest BCUT2D eigenvalue weighted by atomic mass is 9.70. The second-order valence-electron chi connectivity index (χ2n) is 7.12. The third-order valence-corrected chi connectivity index (χ3v) is 5.38. The highest BCUT2D eigenvalue weighted by Crippen LogP contribution is 2.43. The molecule has 0 aromatic heterocycles. The van der Waals surface area contributed by atoms with Crippen LogP contribution in [-0.4, -0.2) is 25.4 Å². The van der Waals surface area contributed by atoms with Crippen LogP contribution >= 0.6 is 0 Å². The minimum atomic E-state index is -0.310. The number of rotatable bonds is 2. The number of ether oxygens (including phenoxy) is 2. The summed E-state index contributed by atoms with van der Waals surface area (Å²) in [6.45, 7) is 8.83. The van der Waals surface area contributed by atoms with Crippen molar-refractivity contribution in [3.8, 4) is 0 Å². The molecule has 2 saturated heterocycles. The Bertz CT molecular complexity index is 518. The normalized spacial score (nSPS) is 32.3. The molecule has 3 unspecified atom stereocenters. The van der Waals surface area contributed by atoms with Gasteiger partial charge in [-0.15, -0.1) is 0 Å². The Kier molecular flexibility index (Phi) is 3.85. The van der Waals surface area contributed by atoms with Crippen LogP contribution in [0.4, 0.5) is 0 Å². The minimum absolute atomic E-state index is 0.0821. The third-order valence-electron chi connectivity index (χ3n) is 5.38. The monoisotopic (exact) mass is 289 g/mol. The van der Waals surface area contributed by atoms with Crippen molar-refractivity contribution in [1.29, 1.82) is 0 Å². The molecular formula is C18H27NO2. The van der Waals surface area contributed by atoms with Gasteiger partial charge >= 0.3 is 0 Å². The van der Waals surface area contributed by atoms with E-state index >= 15 is 0 Å². The van der Waals surface area contributed by atoms with Crippen LogP contribution in [0.25, 0.3) is 0 Å². The zero-order valence-electron chi connectivity index (χ0n) is 13.4. The highest BCUT2D eigenvalue weighted by atomic mass is 16.6. The second kappa shape index (κ2) is 5.38. The van der Waals surface area contributed by atoms with Crippen LogP contribution in [0.5, 0.6) is 0 Å². The number of hydrogen-bond donors (Lipinski definition) is 1. The molecule has 0 radical (unpaired) electrons. The van der Waals surface area contributed by atoms with Crippen molar-refractivity contribution in [3.05, 3.63) is 34.9 Å². The highest BCUT2D eigenvalue weighted by Gasteiger charge is 2.46. The van der Waals surface area contributed by atoms with Crippen molar-refractivity contribution in [2.24, 2.45) is 11.7 Å². The molecule has 3 rings (SSSR count). The maximum absolute atomic E-state index is 6.84. The van der Waals surface area contributed by atoms with Crippen molar-refractivity contribution in [2.75, 3.05) is 19.8 Å². The zero-order chi connectivity index (χ0) is 15.1. The molecule has 21 heavy (non-hydrogen) atoms. The summed E-state index contributed by atoms with van der Waals surface area (Å²) in [4.78, 5) is 0. The molecule has 0 amide bonds. The molecule has 2 N–H and O–H groups in total. The fourth-order valence-corrected chi connectivity index (χ4v) is 3.94. The van der Waals surface area contributed by atoms with Crippen molar-refractivity contribution in [2.45, 2.75) is 51.2 Å². The number of nitrogens with two attached hydrogens (primary N) is 1. The van der Waals surface area contributed by atoms with Crippen LogP contribution in [0.2, 0.25) is 0 Å². The molecule has 0 aliphatic carbocycles. The van der Waals surface area contributed by atoms with Gasteiger partial charge < -0.3 is 15.2 Å². The Morgan fingerprint density at radius 1 is 1.29 bits per heavy atom. The number of aryl methyl sites for hydroxylation is 2. The van der Waals surface area contributed by atoms with E-state index in [0.717, 1.165) is 39.1 Å². The van der Waals surface area contributed by atoms with E-state index in [1.807, 2.05) is 0 Å². The molecule has 2 aliphatic heterocycles. The molecule has 2 fully saturated rings. The first kappa shape index (κ1) is 15.0.